The first-order valence-electron chi connectivity index (χ1n) is 4.96. The lowest BCUT2D eigenvalue weighted by Gasteiger charge is -2.34. The van der Waals surface area contributed by atoms with Crippen LogP contribution in [0, 0.1) is 0 Å². The van der Waals surface area contributed by atoms with Crippen molar-refractivity contribution < 1.29 is 10.2 Å². The number of aliphatic hydroxyl groups excluding tert-OH is 2. The van der Waals surface area contributed by atoms with Gasteiger partial charge in [0, 0.05) is 39.3 Å². The van der Waals surface area contributed by atoms with Crippen molar-refractivity contribution in [3.8, 4) is 0 Å². The molecule has 0 aromatic heterocycles. The van der Waals surface area contributed by atoms with Crippen LogP contribution in [0.3, 0.4) is 0 Å². The maximum Gasteiger partial charge on any atom is 0.0639 e. The molecular formula is C9H20N2O2. The molecule has 0 radical (unpaired) electrons. The number of hydrogen-bond acceptors (Lipinski definition) is 4. The van der Waals surface area contributed by atoms with Crippen LogP contribution < -0.4 is 0 Å². The van der Waals surface area contributed by atoms with E-state index in [2.05, 4.69) is 9.80 Å². The van der Waals surface area contributed by atoms with Crippen LogP contribution >= 0.6 is 0 Å². The number of hydrogen-bond donors (Lipinski definition) is 2. The molecule has 0 spiro atoms. The molecule has 0 unspecified atom stereocenters. The normalized spacial score (nSPS) is 23.3. The Bertz CT molecular complexity index is 134. The highest BCUT2D eigenvalue weighted by Gasteiger charge is 2.16. The van der Waals surface area contributed by atoms with Gasteiger partial charge in [-0.2, -0.15) is 0 Å². The van der Waals surface area contributed by atoms with Crippen LogP contribution in [0.15, 0.2) is 0 Å². The molecule has 1 aliphatic rings. The Hall–Kier alpha value is -0.160. The third-order valence-electron chi connectivity index (χ3n) is 2.40. The van der Waals surface area contributed by atoms with Gasteiger partial charge in [-0.15, -0.1) is 0 Å². The molecule has 1 aliphatic heterocycles. The molecule has 0 saturated carbocycles. The summed E-state index contributed by atoms with van der Waals surface area (Å²) >= 11 is 0. The molecule has 1 fully saturated rings. The van der Waals surface area contributed by atoms with Gasteiger partial charge in [0.25, 0.3) is 0 Å². The molecule has 4 nitrogen and oxygen atoms in total. The van der Waals surface area contributed by atoms with Crippen LogP contribution in [0.2, 0.25) is 0 Å². The third kappa shape index (κ3) is 4.04. The van der Waals surface area contributed by atoms with Crippen LogP contribution in [-0.2, 0) is 0 Å². The minimum absolute atomic E-state index is 0.232. The van der Waals surface area contributed by atoms with Gasteiger partial charge in [-0.05, 0) is 6.92 Å². The van der Waals surface area contributed by atoms with Crippen LogP contribution in [0.25, 0.3) is 0 Å². The van der Waals surface area contributed by atoms with Gasteiger partial charge in [-0.1, -0.05) is 0 Å². The Morgan fingerprint density at radius 2 is 1.69 bits per heavy atom. The quantitative estimate of drug-likeness (QED) is 0.593. The Labute approximate surface area is 79.8 Å². The number of aliphatic hydroxyl groups is 2. The summed E-state index contributed by atoms with van der Waals surface area (Å²) in [7, 11) is 0. The second-order valence-corrected chi connectivity index (χ2v) is 3.71. The van der Waals surface area contributed by atoms with Crippen LogP contribution in [0.4, 0.5) is 0 Å². The summed E-state index contributed by atoms with van der Waals surface area (Å²) in [5.41, 5.74) is 0. The summed E-state index contributed by atoms with van der Waals surface area (Å²) in [5, 5.41) is 17.9. The first-order valence-corrected chi connectivity index (χ1v) is 4.96. The van der Waals surface area contributed by atoms with Crippen LogP contribution in [-0.4, -0.2) is 72.0 Å². The number of rotatable bonds is 4. The van der Waals surface area contributed by atoms with Crippen molar-refractivity contribution in [2.24, 2.45) is 0 Å². The second-order valence-electron chi connectivity index (χ2n) is 3.71. The van der Waals surface area contributed by atoms with Gasteiger partial charge in [0.15, 0.2) is 0 Å². The molecule has 2 N–H and O–H groups in total. The standard InChI is InChI=1S/C9H20N2O2/c1-9(13)8-11-4-2-10(3-5-11)6-7-12/h9,12-13H,2-8H2,1H3/t9-/m0/s1. The fraction of sp³-hybridized carbons (Fsp3) is 1.00. The predicted molar refractivity (Wildman–Crippen MR) is 51.6 cm³/mol. The third-order valence-corrected chi connectivity index (χ3v) is 2.40. The molecule has 1 heterocycles. The van der Waals surface area contributed by atoms with Gasteiger partial charge in [0.05, 0.1) is 12.7 Å². The molecule has 0 aromatic carbocycles. The molecule has 1 atom stereocenters. The van der Waals surface area contributed by atoms with Gasteiger partial charge in [-0.3, -0.25) is 9.80 Å². The van der Waals surface area contributed by atoms with Crippen molar-refractivity contribution in [2.75, 3.05) is 45.9 Å². The Morgan fingerprint density at radius 1 is 1.15 bits per heavy atom. The fourth-order valence-electron chi connectivity index (χ4n) is 1.71. The molecule has 4 heteroatoms. The molecule has 78 valence electrons. The number of nitrogens with zero attached hydrogens (tertiary/aromatic N) is 2. The van der Waals surface area contributed by atoms with Gasteiger partial charge < -0.3 is 10.2 Å². The number of β-amino-alcohol motifs (C(OH)–C–C–N with tert-alkyl or cyclic N) is 2. The van der Waals surface area contributed by atoms with E-state index in [1.165, 1.54) is 0 Å². The predicted octanol–water partition coefficient (Wildman–Crippen LogP) is -1.02. The van der Waals surface area contributed by atoms with Crippen molar-refractivity contribution in [2.45, 2.75) is 13.0 Å². The topological polar surface area (TPSA) is 46.9 Å². The zero-order valence-corrected chi connectivity index (χ0v) is 8.32. The average Bonchev–Trinajstić information content (AvgIpc) is 2.08. The minimum Gasteiger partial charge on any atom is -0.395 e. The molecule has 0 aromatic rings. The summed E-state index contributed by atoms with van der Waals surface area (Å²) in [6.07, 6.45) is -0.232. The SMILES string of the molecule is C[C@H](O)CN1CCN(CCO)CC1. The van der Waals surface area contributed by atoms with Crippen molar-refractivity contribution in [3.05, 3.63) is 0 Å². The van der Waals surface area contributed by atoms with E-state index >= 15 is 0 Å². The van der Waals surface area contributed by atoms with Crippen LogP contribution in [0.5, 0.6) is 0 Å². The second kappa shape index (κ2) is 5.54. The first-order chi connectivity index (χ1) is 6.22. The monoisotopic (exact) mass is 188 g/mol. The lowest BCUT2D eigenvalue weighted by molar-refractivity contribution is 0.0732. The van der Waals surface area contributed by atoms with E-state index in [1.807, 2.05) is 6.92 Å². The van der Waals surface area contributed by atoms with E-state index in [4.69, 9.17) is 5.11 Å². The van der Waals surface area contributed by atoms with Crippen molar-refractivity contribution in [3.63, 3.8) is 0 Å². The van der Waals surface area contributed by atoms with E-state index in [0.29, 0.717) is 0 Å². The maximum atomic E-state index is 9.18. The Kier molecular flexibility index (Phi) is 4.66. The van der Waals surface area contributed by atoms with Gasteiger partial charge in [-0.25, -0.2) is 0 Å². The van der Waals surface area contributed by atoms with Crippen molar-refractivity contribution in [1.82, 2.24) is 9.80 Å². The minimum atomic E-state index is -0.232. The summed E-state index contributed by atoms with van der Waals surface area (Å²) in [6, 6.07) is 0. The molecule has 13 heavy (non-hydrogen) atoms. The summed E-state index contributed by atoms with van der Waals surface area (Å²) in [5.74, 6) is 0. The van der Waals surface area contributed by atoms with E-state index in [0.717, 1.165) is 39.3 Å². The van der Waals surface area contributed by atoms with Gasteiger partial charge >= 0.3 is 0 Å². The maximum absolute atomic E-state index is 9.18. The molecule has 1 rings (SSSR count). The van der Waals surface area contributed by atoms with E-state index in [9.17, 15) is 5.11 Å². The van der Waals surface area contributed by atoms with E-state index in [-0.39, 0.29) is 12.7 Å². The van der Waals surface area contributed by atoms with Crippen LogP contribution in [0.1, 0.15) is 6.92 Å². The Balaban J connectivity index is 2.15. The largest absolute Gasteiger partial charge is 0.395 e. The zero-order valence-electron chi connectivity index (χ0n) is 8.32. The fourth-order valence-corrected chi connectivity index (χ4v) is 1.71. The highest BCUT2D eigenvalue weighted by molar-refractivity contribution is 4.72. The molecule has 1 saturated heterocycles. The molecular weight excluding hydrogens is 168 g/mol. The molecule has 0 aliphatic carbocycles. The summed E-state index contributed by atoms with van der Waals surface area (Å²) in [6.45, 7) is 7.64. The summed E-state index contributed by atoms with van der Waals surface area (Å²) < 4.78 is 0. The molecule has 0 amide bonds. The number of piperazine rings is 1. The Morgan fingerprint density at radius 3 is 2.15 bits per heavy atom. The molecule has 0 bridgehead atoms. The van der Waals surface area contributed by atoms with Gasteiger partial charge in [0.2, 0.25) is 0 Å². The van der Waals surface area contributed by atoms with E-state index in [1.54, 1.807) is 0 Å². The lowest BCUT2D eigenvalue weighted by Crippen LogP contribution is -2.48. The highest BCUT2D eigenvalue weighted by Crippen LogP contribution is 2.01. The van der Waals surface area contributed by atoms with Gasteiger partial charge in [0.1, 0.15) is 0 Å². The summed E-state index contributed by atoms with van der Waals surface area (Å²) in [4.78, 5) is 4.51. The lowest BCUT2D eigenvalue weighted by atomic mass is 10.3. The first kappa shape index (κ1) is 10.9. The average molecular weight is 188 g/mol. The van der Waals surface area contributed by atoms with Crippen molar-refractivity contribution in [1.29, 1.82) is 0 Å². The van der Waals surface area contributed by atoms with E-state index < -0.39 is 0 Å². The van der Waals surface area contributed by atoms with Crippen molar-refractivity contribution >= 4 is 0 Å². The zero-order chi connectivity index (χ0) is 9.68. The highest BCUT2D eigenvalue weighted by atomic mass is 16.3. The smallest absolute Gasteiger partial charge is 0.0639 e.